The van der Waals surface area contributed by atoms with Crippen LogP contribution in [0.1, 0.15) is 40.0 Å². The lowest BCUT2D eigenvalue weighted by molar-refractivity contribution is -0.143. The van der Waals surface area contributed by atoms with Crippen molar-refractivity contribution in [3.8, 4) is 0 Å². The second-order valence-corrected chi connectivity index (χ2v) is 5.73. The van der Waals surface area contributed by atoms with E-state index in [2.05, 4.69) is 24.2 Å². The van der Waals surface area contributed by atoms with Gasteiger partial charge in [0.2, 0.25) is 0 Å². The van der Waals surface area contributed by atoms with E-state index in [1.807, 2.05) is 6.92 Å². The zero-order valence-electron chi connectivity index (χ0n) is 10.9. The third-order valence-corrected chi connectivity index (χ3v) is 3.53. The molecule has 0 aromatic carbocycles. The fraction of sp³-hybridized carbons (Fsp3) is 0.833. The molecule has 98 valence electrons. The van der Waals surface area contributed by atoms with Crippen LogP contribution in [-0.4, -0.2) is 35.6 Å². The van der Waals surface area contributed by atoms with Crippen molar-refractivity contribution in [2.75, 3.05) is 13.2 Å². The van der Waals surface area contributed by atoms with Crippen molar-refractivity contribution in [3.05, 3.63) is 0 Å². The Hall–Kier alpha value is -0.710. The van der Waals surface area contributed by atoms with E-state index in [4.69, 9.17) is 4.74 Å². The molecular weight excluding hydrogens is 236 g/mol. The molecule has 0 aromatic heterocycles. The second-order valence-electron chi connectivity index (χ2n) is 4.31. The summed E-state index contributed by atoms with van der Waals surface area (Å²) in [7, 11) is 0. The van der Waals surface area contributed by atoms with Crippen LogP contribution >= 0.6 is 11.8 Å². The number of carbonyl (C=O) groups is 1. The Balaban J connectivity index is 2.21. The van der Waals surface area contributed by atoms with E-state index in [9.17, 15) is 4.79 Å². The van der Waals surface area contributed by atoms with Crippen molar-refractivity contribution in [2.45, 2.75) is 51.3 Å². The van der Waals surface area contributed by atoms with Crippen LogP contribution in [0, 0.1) is 0 Å². The fourth-order valence-electron chi connectivity index (χ4n) is 1.76. The molecular formula is C12H22N2O2S. The molecule has 1 N–H and O–H groups in total. The average Bonchev–Trinajstić information content (AvgIpc) is 2.23. The summed E-state index contributed by atoms with van der Waals surface area (Å²) in [5.41, 5.74) is 0. The van der Waals surface area contributed by atoms with Crippen LogP contribution in [0.5, 0.6) is 0 Å². The van der Waals surface area contributed by atoms with Gasteiger partial charge in [-0.25, -0.2) is 0 Å². The minimum Gasteiger partial charge on any atom is -0.466 e. The quantitative estimate of drug-likeness (QED) is 0.606. The maximum atomic E-state index is 11.1. The number of hydrogen-bond acceptors (Lipinski definition) is 4. The second kappa shape index (κ2) is 7.58. The lowest BCUT2D eigenvalue weighted by Crippen LogP contribution is -2.38. The number of amidine groups is 1. The topological polar surface area (TPSA) is 50.7 Å². The van der Waals surface area contributed by atoms with Crippen molar-refractivity contribution in [1.29, 1.82) is 0 Å². The third-order valence-electron chi connectivity index (χ3n) is 2.47. The Bertz CT molecular complexity index is 270. The first-order chi connectivity index (χ1) is 8.11. The average molecular weight is 258 g/mol. The highest BCUT2D eigenvalue weighted by atomic mass is 32.2. The van der Waals surface area contributed by atoms with E-state index in [1.165, 1.54) is 6.42 Å². The van der Waals surface area contributed by atoms with Crippen molar-refractivity contribution in [3.63, 3.8) is 0 Å². The lowest BCUT2D eigenvalue weighted by atomic mass is 10.2. The summed E-state index contributed by atoms with van der Waals surface area (Å²) in [5, 5.41) is 4.99. The molecule has 1 saturated heterocycles. The van der Waals surface area contributed by atoms with Crippen LogP contribution in [-0.2, 0) is 9.53 Å². The first-order valence-corrected chi connectivity index (χ1v) is 7.13. The standard InChI is InChI=1S/C12H22N2O2S/c1-4-16-11(15)6-5-7-13-12-14-9(2)8-10(3)17-12/h9-10H,4-8H2,1-3H3,(H,13,14). The number of nitrogens with zero attached hydrogens (tertiary/aromatic N) is 1. The molecule has 0 saturated carbocycles. The van der Waals surface area contributed by atoms with Crippen molar-refractivity contribution >= 4 is 22.9 Å². The minimum absolute atomic E-state index is 0.126. The van der Waals surface area contributed by atoms with E-state index >= 15 is 0 Å². The molecule has 0 aliphatic carbocycles. The highest BCUT2D eigenvalue weighted by Crippen LogP contribution is 2.22. The van der Waals surface area contributed by atoms with Gasteiger partial charge in [0.1, 0.15) is 0 Å². The summed E-state index contributed by atoms with van der Waals surface area (Å²) in [5.74, 6) is -0.126. The molecule has 1 rings (SSSR count). The van der Waals surface area contributed by atoms with Crippen LogP contribution in [0.25, 0.3) is 0 Å². The molecule has 2 unspecified atom stereocenters. The Kier molecular flexibility index (Phi) is 6.40. The highest BCUT2D eigenvalue weighted by Gasteiger charge is 2.19. The van der Waals surface area contributed by atoms with Gasteiger partial charge >= 0.3 is 5.97 Å². The number of thioether (sulfide) groups is 1. The first kappa shape index (κ1) is 14.4. The predicted molar refractivity (Wildman–Crippen MR) is 72.4 cm³/mol. The van der Waals surface area contributed by atoms with Crippen molar-refractivity contribution in [1.82, 2.24) is 5.32 Å². The molecule has 0 spiro atoms. The number of ether oxygens (including phenoxy) is 1. The molecule has 0 aromatic rings. The van der Waals surface area contributed by atoms with Gasteiger partial charge in [-0.05, 0) is 26.7 Å². The number of hydrogen-bond donors (Lipinski definition) is 1. The van der Waals surface area contributed by atoms with Gasteiger partial charge < -0.3 is 10.1 Å². The van der Waals surface area contributed by atoms with Crippen molar-refractivity contribution < 1.29 is 9.53 Å². The monoisotopic (exact) mass is 258 g/mol. The molecule has 0 amide bonds. The maximum absolute atomic E-state index is 11.1. The summed E-state index contributed by atoms with van der Waals surface area (Å²) < 4.78 is 4.86. The first-order valence-electron chi connectivity index (χ1n) is 6.25. The van der Waals surface area contributed by atoms with E-state index in [0.29, 0.717) is 30.9 Å². The van der Waals surface area contributed by atoms with Gasteiger partial charge in [0, 0.05) is 24.3 Å². The molecule has 0 bridgehead atoms. The Morgan fingerprint density at radius 1 is 1.59 bits per heavy atom. The van der Waals surface area contributed by atoms with Crippen LogP contribution in [0.15, 0.2) is 4.99 Å². The molecule has 2 atom stereocenters. The van der Waals surface area contributed by atoms with Crippen LogP contribution in [0.2, 0.25) is 0 Å². The van der Waals surface area contributed by atoms with Gasteiger partial charge in [-0.15, -0.1) is 0 Å². The highest BCUT2D eigenvalue weighted by molar-refractivity contribution is 8.14. The van der Waals surface area contributed by atoms with E-state index in [0.717, 1.165) is 11.6 Å². The molecule has 1 aliphatic heterocycles. The van der Waals surface area contributed by atoms with E-state index in [-0.39, 0.29) is 5.97 Å². The molecule has 1 aliphatic rings. The normalized spacial score (nSPS) is 26.6. The predicted octanol–water partition coefficient (Wildman–Crippen LogP) is 2.19. The van der Waals surface area contributed by atoms with E-state index < -0.39 is 0 Å². The van der Waals surface area contributed by atoms with Gasteiger partial charge in [0.15, 0.2) is 5.17 Å². The largest absolute Gasteiger partial charge is 0.466 e. The van der Waals surface area contributed by atoms with Gasteiger partial charge in [0.25, 0.3) is 0 Å². The fourth-order valence-corrected chi connectivity index (χ4v) is 2.96. The van der Waals surface area contributed by atoms with Crippen LogP contribution < -0.4 is 5.32 Å². The van der Waals surface area contributed by atoms with Gasteiger partial charge in [0.05, 0.1) is 6.61 Å². The number of carbonyl (C=O) groups excluding carboxylic acids is 1. The zero-order chi connectivity index (χ0) is 12.7. The Morgan fingerprint density at radius 3 is 3.00 bits per heavy atom. The van der Waals surface area contributed by atoms with Gasteiger partial charge in [-0.3, -0.25) is 9.79 Å². The Morgan fingerprint density at radius 2 is 2.35 bits per heavy atom. The minimum atomic E-state index is -0.126. The van der Waals surface area contributed by atoms with Crippen LogP contribution in [0.4, 0.5) is 0 Å². The summed E-state index contributed by atoms with van der Waals surface area (Å²) in [4.78, 5) is 15.6. The summed E-state index contributed by atoms with van der Waals surface area (Å²) in [6.45, 7) is 7.36. The molecule has 5 heteroatoms. The lowest BCUT2D eigenvalue weighted by Gasteiger charge is -2.26. The number of rotatable bonds is 5. The summed E-state index contributed by atoms with van der Waals surface area (Å²) >= 11 is 1.78. The number of nitrogens with one attached hydrogen (secondary N) is 1. The van der Waals surface area contributed by atoms with Crippen LogP contribution in [0.3, 0.4) is 0 Å². The van der Waals surface area contributed by atoms with Gasteiger partial charge in [-0.2, -0.15) is 0 Å². The SMILES string of the molecule is CCOC(=O)CCCN=C1NC(C)CC(C)S1. The summed E-state index contributed by atoms with van der Waals surface area (Å²) in [6.07, 6.45) is 2.39. The summed E-state index contributed by atoms with van der Waals surface area (Å²) in [6, 6.07) is 0.495. The smallest absolute Gasteiger partial charge is 0.305 e. The molecule has 1 heterocycles. The molecule has 1 fully saturated rings. The molecule has 4 nitrogen and oxygen atoms in total. The third kappa shape index (κ3) is 5.96. The maximum Gasteiger partial charge on any atom is 0.305 e. The molecule has 0 radical (unpaired) electrons. The zero-order valence-corrected chi connectivity index (χ0v) is 11.7. The van der Waals surface area contributed by atoms with Gasteiger partial charge in [-0.1, -0.05) is 18.7 Å². The van der Waals surface area contributed by atoms with Crippen molar-refractivity contribution in [2.24, 2.45) is 4.99 Å². The molecule has 17 heavy (non-hydrogen) atoms. The number of esters is 1. The van der Waals surface area contributed by atoms with E-state index in [1.54, 1.807) is 11.8 Å². The Labute approximate surface area is 108 Å². The number of aliphatic imine (C=N–C) groups is 1.